The molecule has 3 aromatic heterocycles. The van der Waals surface area contributed by atoms with Gasteiger partial charge in [0.25, 0.3) is 0 Å². The summed E-state index contributed by atoms with van der Waals surface area (Å²) >= 11 is 0. The Balaban J connectivity index is 1.41. The first-order valence-corrected chi connectivity index (χ1v) is 9.81. The molecule has 0 saturated carbocycles. The van der Waals surface area contributed by atoms with Gasteiger partial charge in [-0.05, 0) is 17.7 Å². The number of benzene rings is 2. The summed E-state index contributed by atoms with van der Waals surface area (Å²) in [7, 11) is 2.02. The maximum absolute atomic E-state index is 4.79. The zero-order chi connectivity index (χ0) is 20.3. The Morgan fingerprint density at radius 2 is 1.63 bits per heavy atom. The van der Waals surface area contributed by atoms with Crippen LogP contribution >= 0.6 is 0 Å². The van der Waals surface area contributed by atoms with Gasteiger partial charge in [-0.1, -0.05) is 60.7 Å². The van der Waals surface area contributed by atoms with Gasteiger partial charge in [-0.25, -0.2) is 4.98 Å². The van der Waals surface area contributed by atoms with E-state index in [4.69, 9.17) is 5.10 Å². The second kappa shape index (κ2) is 7.79. The van der Waals surface area contributed by atoms with E-state index in [1.54, 1.807) is 4.52 Å². The third-order valence-electron chi connectivity index (χ3n) is 5.05. The lowest BCUT2D eigenvalue weighted by atomic mass is 10.2. The number of anilines is 1. The smallest absolute Gasteiger partial charge is 0.185 e. The first-order chi connectivity index (χ1) is 14.8. The molecule has 30 heavy (non-hydrogen) atoms. The Labute approximate surface area is 174 Å². The zero-order valence-corrected chi connectivity index (χ0v) is 16.6. The third-order valence-corrected chi connectivity index (χ3v) is 5.05. The van der Waals surface area contributed by atoms with E-state index in [9.17, 15) is 0 Å². The number of aromatic nitrogens is 6. The summed E-state index contributed by atoms with van der Waals surface area (Å²) in [4.78, 5) is 6.64. The number of rotatable bonds is 6. The number of fused-ring (bicyclic) bond motifs is 1. The van der Waals surface area contributed by atoms with Crippen molar-refractivity contribution in [2.75, 3.05) is 11.9 Å². The molecule has 3 heterocycles. The van der Waals surface area contributed by atoms with Crippen LogP contribution in [0.15, 0.2) is 85.2 Å². The summed E-state index contributed by atoms with van der Waals surface area (Å²) in [6.07, 6.45) is 3.86. The van der Waals surface area contributed by atoms with Gasteiger partial charge in [-0.3, -0.25) is 0 Å². The number of hydrogen-bond donors (Lipinski definition) is 0. The molecule has 148 valence electrons. The molecular weight excluding hydrogens is 374 g/mol. The zero-order valence-electron chi connectivity index (χ0n) is 16.6. The molecule has 7 nitrogen and oxygen atoms in total. The largest absolute Gasteiger partial charge is 0.351 e. The van der Waals surface area contributed by atoms with Crippen LogP contribution in [0, 0.1) is 0 Å². The molecule has 7 heteroatoms. The van der Waals surface area contributed by atoms with Crippen molar-refractivity contribution in [3.63, 3.8) is 0 Å². The van der Waals surface area contributed by atoms with Gasteiger partial charge in [0.1, 0.15) is 11.6 Å². The first kappa shape index (κ1) is 18.1. The molecule has 5 rings (SSSR count). The van der Waals surface area contributed by atoms with E-state index in [1.807, 2.05) is 68.0 Å². The SMILES string of the molecule is CN(Cc1nccn1Cc1ccccc1)c1ccc2nnc(-c3ccccc3)n2n1. The molecule has 0 unspecified atom stereocenters. The lowest BCUT2D eigenvalue weighted by Crippen LogP contribution is -2.21. The molecule has 0 aliphatic heterocycles. The molecule has 2 aromatic carbocycles. The van der Waals surface area contributed by atoms with Crippen molar-refractivity contribution in [1.29, 1.82) is 0 Å². The van der Waals surface area contributed by atoms with E-state index in [0.29, 0.717) is 6.54 Å². The molecular formula is C23H21N7. The predicted molar refractivity (Wildman–Crippen MR) is 116 cm³/mol. The van der Waals surface area contributed by atoms with Gasteiger partial charge in [0.2, 0.25) is 0 Å². The maximum atomic E-state index is 4.79. The van der Waals surface area contributed by atoms with Gasteiger partial charge in [0, 0.05) is 31.5 Å². The van der Waals surface area contributed by atoms with Crippen LogP contribution in [0.5, 0.6) is 0 Å². The molecule has 0 atom stereocenters. The second-order valence-corrected chi connectivity index (χ2v) is 7.16. The minimum atomic E-state index is 0.640. The molecule has 0 fully saturated rings. The molecule has 0 spiro atoms. The quantitative estimate of drug-likeness (QED) is 0.439. The highest BCUT2D eigenvalue weighted by Gasteiger charge is 2.13. The molecule has 0 bridgehead atoms. The van der Waals surface area contributed by atoms with Crippen molar-refractivity contribution >= 4 is 11.5 Å². The van der Waals surface area contributed by atoms with Crippen molar-refractivity contribution in [3.05, 3.63) is 96.6 Å². The summed E-state index contributed by atoms with van der Waals surface area (Å²) in [5, 5.41) is 13.4. The normalized spacial score (nSPS) is 11.1. The van der Waals surface area contributed by atoms with Crippen LogP contribution in [0.2, 0.25) is 0 Å². The summed E-state index contributed by atoms with van der Waals surface area (Å²) < 4.78 is 3.95. The fourth-order valence-electron chi connectivity index (χ4n) is 3.46. The van der Waals surface area contributed by atoms with Crippen LogP contribution in [0.1, 0.15) is 11.4 Å². The van der Waals surface area contributed by atoms with Gasteiger partial charge >= 0.3 is 0 Å². The van der Waals surface area contributed by atoms with E-state index in [0.717, 1.165) is 35.2 Å². The predicted octanol–water partition coefficient (Wildman–Crippen LogP) is 3.67. The average Bonchev–Trinajstić information content (AvgIpc) is 3.41. The molecule has 0 aliphatic carbocycles. The van der Waals surface area contributed by atoms with Crippen molar-refractivity contribution in [2.45, 2.75) is 13.1 Å². The lowest BCUT2D eigenvalue weighted by molar-refractivity contribution is 0.700. The minimum absolute atomic E-state index is 0.640. The summed E-state index contributed by atoms with van der Waals surface area (Å²) in [6.45, 7) is 1.43. The van der Waals surface area contributed by atoms with Crippen molar-refractivity contribution in [3.8, 4) is 11.4 Å². The van der Waals surface area contributed by atoms with Gasteiger partial charge in [-0.2, -0.15) is 4.52 Å². The van der Waals surface area contributed by atoms with Crippen LogP contribution in [-0.2, 0) is 13.1 Å². The van der Waals surface area contributed by atoms with E-state index >= 15 is 0 Å². The Morgan fingerprint density at radius 3 is 2.43 bits per heavy atom. The monoisotopic (exact) mass is 395 g/mol. The van der Waals surface area contributed by atoms with E-state index in [1.165, 1.54) is 5.56 Å². The molecule has 0 radical (unpaired) electrons. The summed E-state index contributed by atoms with van der Waals surface area (Å²) in [6, 6.07) is 24.3. The maximum Gasteiger partial charge on any atom is 0.185 e. The van der Waals surface area contributed by atoms with Crippen LogP contribution in [0.3, 0.4) is 0 Å². The van der Waals surface area contributed by atoms with E-state index in [-0.39, 0.29) is 0 Å². The van der Waals surface area contributed by atoms with Gasteiger partial charge in [0.05, 0.1) is 6.54 Å². The fraction of sp³-hybridized carbons (Fsp3) is 0.130. The number of imidazole rings is 1. The van der Waals surface area contributed by atoms with Crippen LogP contribution in [0.25, 0.3) is 17.0 Å². The Morgan fingerprint density at radius 1 is 0.867 bits per heavy atom. The molecule has 0 saturated heterocycles. The lowest BCUT2D eigenvalue weighted by Gasteiger charge is -2.18. The molecule has 5 aromatic rings. The van der Waals surface area contributed by atoms with Crippen molar-refractivity contribution < 1.29 is 0 Å². The highest BCUT2D eigenvalue weighted by molar-refractivity contribution is 5.59. The van der Waals surface area contributed by atoms with Gasteiger partial charge in [-0.15, -0.1) is 15.3 Å². The van der Waals surface area contributed by atoms with E-state index < -0.39 is 0 Å². The highest BCUT2D eigenvalue weighted by atomic mass is 15.4. The Bertz CT molecular complexity index is 1260. The topological polar surface area (TPSA) is 64.1 Å². The van der Waals surface area contributed by atoms with Crippen molar-refractivity contribution in [1.82, 2.24) is 29.4 Å². The van der Waals surface area contributed by atoms with Crippen LogP contribution in [-0.4, -0.2) is 36.4 Å². The number of hydrogen-bond acceptors (Lipinski definition) is 5. The van der Waals surface area contributed by atoms with E-state index in [2.05, 4.69) is 48.9 Å². The molecule has 0 N–H and O–H groups in total. The average molecular weight is 395 g/mol. The second-order valence-electron chi connectivity index (χ2n) is 7.16. The van der Waals surface area contributed by atoms with Crippen LogP contribution in [0.4, 0.5) is 5.82 Å². The number of nitrogens with zero attached hydrogens (tertiary/aromatic N) is 7. The fourth-order valence-corrected chi connectivity index (χ4v) is 3.46. The molecule has 0 aliphatic rings. The van der Waals surface area contributed by atoms with Crippen LogP contribution < -0.4 is 4.90 Å². The molecule has 0 amide bonds. The van der Waals surface area contributed by atoms with Gasteiger partial charge in [0.15, 0.2) is 11.5 Å². The van der Waals surface area contributed by atoms with Gasteiger partial charge < -0.3 is 9.47 Å². The standard InChI is InChI=1S/C23H21N7/c1-28(17-22-24-14-15-29(22)16-18-8-4-2-5-9-18)21-13-12-20-25-26-23(30(20)27-21)19-10-6-3-7-11-19/h2-15H,16-17H2,1H3. The highest BCUT2D eigenvalue weighted by Crippen LogP contribution is 2.19. The Hall–Kier alpha value is -4.00. The minimum Gasteiger partial charge on any atom is -0.351 e. The first-order valence-electron chi connectivity index (χ1n) is 9.81. The summed E-state index contributed by atoms with van der Waals surface area (Å²) in [5.41, 5.74) is 2.95. The van der Waals surface area contributed by atoms with Crippen molar-refractivity contribution in [2.24, 2.45) is 0 Å². The summed E-state index contributed by atoms with van der Waals surface area (Å²) in [5.74, 6) is 2.54. The third kappa shape index (κ3) is 3.53. The Kier molecular flexibility index (Phi) is 4.69.